The highest BCUT2D eigenvalue weighted by atomic mass is 16.6. The molecule has 0 bridgehead atoms. The molecular weight excluding hydrogens is 556 g/mol. The summed E-state index contributed by atoms with van der Waals surface area (Å²) in [5, 5.41) is 22.3. The topological polar surface area (TPSA) is 150 Å². The summed E-state index contributed by atoms with van der Waals surface area (Å²) < 4.78 is 27.4. The van der Waals surface area contributed by atoms with E-state index in [0.717, 1.165) is 5.56 Å². The lowest BCUT2D eigenvalue weighted by Crippen LogP contribution is -2.19. The predicted molar refractivity (Wildman–Crippen MR) is 155 cm³/mol. The largest absolute Gasteiger partial charge is 0.507 e. The van der Waals surface area contributed by atoms with Gasteiger partial charge in [-0.05, 0) is 71.6 Å². The highest BCUT2D eigenvalue weighted by Crippen LogP contribution is 2.42. The van der Waals surface area contributed by atoms with E-state index in [1.165, 1.54) is 31.4 Å². The van der Waals surface area contributed by atoms with Gasteiger partial charge in [0.2, 0.25) is 6.29 Å². The number of aromatic hydroxyl groups is 1. The molecule has 10 nitrogen and oxygen atoms in total. The molecule has 3 aromatic carbocycles. The standard InChI is InChI=1S/C33H22O10/c1-39-20-6-8-25-21(15-20)17(13-28(35)40-25)11-19-12-23-31(43-32(19)37)22-10-16(5-7-26(22)42-33(23)38)9-18-14-29(36)41-27-4-2-3-24(34)30(18)27/h2-8,10,12-15,33-34,38H,9,11H2,1H3. The second-order valence-corrected chi connectivity index (χ2v) is 10.2. The minimum Gasteiger partial charge on any atom is -0.507 e. The average Bonchev–Trinajstić information content (AvgIpc) is 2.98. The Morgan fingerprint density at radius 2 is 1.58 bits per heavy atom. The van der Waals surface area contributed by atoms with Crippen LogP contribution in [-0.4, -0.2) is 17.3 Å². The van der Waals surface area contributed by atoms with Gasteiger partial charge in [0.05, 0.1) is 23.6 Å². The minimum atomic E-state index is -1.41. The van der Waals surface area contributed by atoms with Crippen molar-refractivity contribution in [3.63, 3.8) is 0 Å². The van der Waals surface area contributed by atoms with E-state index in [-0.39, 0.29) is 41.1 Å². The summed E-state index contributed by atoms with van der Waals surface area (Å²) in [5.74, 6) is 0.977. The lowest BCUT2D eigenvalue weighted by Gasteiger charge is -2.24. The van der Waals surface area contributed by atoms with Gasteiger partial charge in [0, 0.05) is 29.5 Å². The van der Waals surface area contributed by atoms with E-state index in [1.54, 1.807) is 48.5 Å². The predicted octanol–water partition coefficient (Wildman–Crippen LogP) is 4.80. The van der Waals surface area contributed by atoms with Crippen molar-refractivity contribution < 1.29 is 32.9 Å². The average molecular weight is 579 g/mol. The van der Waals surface area contributed by atoms with Gasteiger partial charge in [0.15, 0.2) is 5.76 Å². The number of methoxy groups -OCH3 is 1. The molecule has 1 atom stereocenters. The van der Waals surface area contributed by atoms with Crippen LogP contribution in [0.2, 0.25) is 0 Å². The van der Waals surface area contributed by atoms with Crippen LogP contribution in [0.15, 0.2) is 100 Å². The molecule has 1 aliphatic rings. The number of aliphatic hydroxyl groups is 1. The van der Waals surface area contributed by atoms with Crippen molar-refractivity contribution in [2.45, 2.75) is 19.1 Å². The zero-order chi connectivity index (χ0) is 29.8. The van der Waals surface area contributed by atoms with Gasteiger partial charge in [0.25, 0.3) is 0 Å². The van der Waals surface area contributed by atoms with Gasteiger partial charge < -0.3 is 32.9 Å². The number of hydrogen-bond acceptors (Lipinski definition) is 10. The fraction of sp³-hybridized carbons (Fsp3) is 0.121. The van der Waals surface area contributed by atoms with Crippen LogP contribution in [-0.2, 0) is 12.8 Å². The molecule has 0 aliphatic carbocycles. The third-order valence-corrected chi connectivity index (χ3v) is 7.48. The molecule has 0 radical (unpaired) electrons. The van der Waals surface area contributed by atoms with E-state index in [9.17, 15) is 24.6 Å². The molecule has 0 amide bonds. The Balaban J connectivity index is 1.29. The third kappa shape index (κ3) is 4.63. The molecule has 0 fully saturated rings. The van der Waals surface area contributed by atoms with Crippen molar-refractivity contribution in [2.75, 3.05) is 7.11 Å². The Morgan fingerprint density at radius 3 is 2.40 bits per heavy atom. The maximum atomic E-state index is 13.3. The van der Waals surface area contributed by atoms with Crippen LogP contribution in [0.25, 0.3) is 33.3 Å². The van der Waals surface area contributed by atoms with Crippen molar-refractivity contribution in [2.24, 2.45) is 0 Å². The molecule has 2 N–H and O–H groups in total. The normalized spacial score (nSPS) is 13.9. The lowest BCUT2D eigenvalue weighted by molar-refractivity contribution is -0.0232. The molecule has 3 aromatic heterocycles. The van der Waals surface area contributed by atoms with Crippen LogP contribution in [0, 0.1) is 0 Å². The fourth-order valence-electron chi connectivity index (χ4n) is 5.52. The van der Waals surface area contributed by atoms with Crippen LogP contribution < -0.4 is 26.4 Å². The van der Waals surface area contributed by atoms with Gasteiger partial charge in [-0.25, -0.2) is 14.4 Å². The molecule has 7 rings (SSSR count). The van der Waals surface area contributed by atoms with Gasteiger partial charge in [-0.3, -0.25) is 0 Å². The van der Waals surface area contributed by atoms with Gasteiger partial charge in [0.1, 0.15) is 28.4 Å². The van der Waals surface area contributed by atoms with Gasteiger partial charge in [-0.2, -0.15) is 0 Å². The number of phenols is 1. The third-order valence-electron chi connectivity index (χ3n) is 7.48. The monoisotopic (exact) mass is 578 g/mol. The van der Waals surface area contributed by atoms with Crippen molar-refractivity contribution in [1.29, 1.82) is 0 Å². The van der Waals surface area contributed by atoms with Gasteiger partial charge in [-0.1, -0.05) is 12.1 Å². The first-order valence-electron chi connectivity index (χ1n) is 13.3. The molecule has 4 heterocycles. The van der Waals surface area contributed by atoms with Crippen molar-refractivity contribution >= 4 is 21.9 Å². The van der Waals surface area contributed by atoms with Crippen LogP contribution in [0.1, 0.15) is 34.1 Å². The lowest BCUT2D eigenvalue weighted by atomic mass is 9.95. The number of benzene rings is 3. The summed E-state index contributed by atoms with van der Waals surface area (Å²) in [6.07, 6.45) is -1.13. The Morgan fingerprint density at radius 1 is 0.791 bits per heavy atom. The molecular formula is C33H22O10. The van der Waals surface area contributed by atoms with Gasteiger partial charge in [-0.15, -0.1) is 0 Å². The Hall–Kier alpha value is -5.61. The zero-order valence-corrected chi connectivity index (χ0v) is 22.6. The molecule has 43 heavy (non-hydrogen) atoms. The molecule has 6 aromatic rings. The Bertz CT molecular complexity index is 2260. The van der Waals surface area contributed by atoms with E-state index in [1.807, 2.05) is 0 Å². The van der Waals surface area contributed by atoms with E-state index in [4.69, 9.17) is 22.7 Å². The molecule has 1 aliphatic heterocycles. The number of rotatable bonds is 5. The number of hydrogen-bond donors (Lipinski definition) is 2. The SMILES string of the molecule is COc1ccc2oc(=O)cc(Cc3cc4c(oc3=O)-c3cc(Cc5cc(=O)oc6cccc(O)c56)ccc3OC4O)c2c1. The second kappa shape index (κ2) is 10.0. The number of fused-ring (bicyclic) bond motifs is 5. The highest BCUT2D eigenvalue weighted by Gasteiger charge is 2.29. The number of aliphatic hydroxyl groups excluding tert-OH is 1. The minimum absolute atomic E-state index is 0.0213. The fourth-order valence-corrected chi connectivity index (χ4v) is 5.52. The summed E-state index contributed by atoms with van der Waals surface area (Å²) in [6.45, 7) is 0. The number of ether oxygens (including phenoxy) is 2. The molecule has 0 saturated heterocycles. The molecule has 10 heteroatoms. The van der Waals surface area contributed by atoms with Crippen LogP contribution in [0.5, 0.6) is 17.2 Å². The first-order chi connectivity index (χ1) is 20.8. The van der Waals surface area contributed by atoms with Crippen molar-refractivity contribution in [3.8, 4) is 28.6 Å². The quantitative estimate of drug-likeness (QED) is 0.273. The molecule has 1 unspecified atom stereocenters. The first-order valence-corrected chi connectivity index (χ1v) is 13.3. The Kier molecular flexibility index (Phi) is 6.14. The molecule has 214 valence electrons. The van der Waals surface area contributed by atoms with Crippen molar-refractivity contribution in [1.82, 2.24) is 0 Å². The van der Waals surface area contributed by atoms with E-state index in [2.05, 4.69) is 0 Å². The van der Waals surface area contributed by atoms with E-state index in [0.29, 0.717) is 44.5 Å². The van der Waals surface area contributed by atoms with Crippen LogP contribution in [0.3, 0.4) is 0 Å². The van der Waals surface area contributed by atoms with Crippen LogP contribution >= 0.6 is 0 Å². The smallest absolute Gasteiger partial charge is 0.339 e. The zero-order valence-electron chi connectivity index (χ0n) is 22.6. The van der Waals surface area contributed by atoms with Gasteiger partial charge >= 0.3 is 16.9 Å². The summed E-state index contributed by atoms with van der Waals surface area (Å²) in [5.41, 5.74) is 1.51. The maximum Gasteiger partial charge on any atom is 0.339 e. The summed E-state index contributed by atoms with van der Waals surface area (Å²) in [7, 11) is 1.52. The second-order valence-electron chi connectivity index (χ2n) is 10.2. The molecule has 0 saturated carbocycles. The van der Waals surface area contributed by atoms with Crippen molar-refractivity contribution in [3.05, 3.63) is 132 Å². The summed E-state index contributed by atoms with van der Waals surface area (Å²) >= 11 is 0. The maximum absolute atomic E-state index is 13.3. The van der Waals surface area contributed by atoms with E-state index >= 15 is 0 Å². The van der Waals surface area contributed by atoms with E-state index < -0.39 is 23.2 Å². The summed E-state index contributed by atoms with van der Waals surface area (Å²) in [4.78, 5) is 37.7. The Labute approximate surface area is 241 Å². The highest BCUT2D eigenvalue weighted by molar-refractivity contribution is 5.87. The molecule has 0 spiro atoms. The first kappa shape index (κ1) is 26.3. The summed E-state index contributed by atoms with van der Waals surface area (Å²) in [6, 6.07) is 19.0. The number of phenolic OH excluding ortho intramolecular Hbond substituents is 1. The van der Waals surface area contributed by atoms with Crippen LogP contribution in [0.4, 0.5) is 0 Å².